The Hall–Kier alpha value is -2.03. The van der Waals surface area contributed by atoms with Crippen molar-refractivity contribution in [2.75, 3.05) is 6.61 Å². The first kappa shape index (κ1) is 15.4. The molecule has 0 atom stereocenters. The highest BCUT2D eigenvalue weighted by Gasteiger charge is 2.15. The fourth-order valence-corrected chi connectivity index (χ4v) is 2.81. The van der Waals surface area contributed by atoms with Crippen LogP contribution in [0.1, 0.15) is 39.8 Å². The first-order valence-corrected chi connectivity index (χ1v) is 7.33. The highest BCUT2D eigenvalue weighted by molar-refractivity contribution is 5.98. The van der Waals surface area contributed by atoms with Crippen molar-refractivity contribution in [1.29, 1.82) is 0 Å². The van der Waals surface area contributed by atoms with Crippen molar-refractivity contribution >= 4 is 5.78 Å². The second-order valence-electron chi connectivity index (χ2n) is 5.56. The zero-order chi connectivity index (χ0) is 15.6. The molecule has 0 aliphatic heterocycles. The number of hydrogen-bond acceptors (Lipinski definition) is 2. The van der Waals surface area contributed by atoms with E-state index in [0.29, 0.717) is 0 Å². The van der Waals surface area contributed by atoms with E-state index in [9.17, 15) is 4.79 Å². The summed E-state index contributed by atoms with van der Waals surface area (Å²) in [5.74, 6) is 0.784. The molecule has 1 aromatic carbocycles. The Bertz CT molecular complexity index is 648. The number of aryl methyl sites for hydroxylation is 3. The number of rotatable bonds is 5. The Labute approximate surface area is 126 Å². The third-order valence-corrected chi connectivity index (χ3v) is 3.76. The largest absolute Gasteiger partial charge is 0.485 e. The first-order chi connectivity index (χ1) is 9.92. The van der Waals surface area contributed by atoms with Crippen LogP contribution in [0.4, 0.5) is 0 Å². The van der Waals surface area contributed by atoms with Gasteiger partial charge in [-0.3, -0.25) is 4.79 Å². The summed E-state index contributed by atoms with van der Waals surface area (Å²) < 4.78 is 7.81. The molecule has 0 N–H and O–H groups in total. The van der Waals surface area contributed by atoms with Crippen molar-refractivity contribution in [1.82, 2.24) is 4.57 Å². The minimum Gasteiger partial charge on any atom is -0.485 e. The SMILES string of the molecule is CCn1c(C)cc(C(=O)COc2cc(C)cc(C)c2)c1C. The van der Waals surface area contributed by atoms with Gasteiger partial charge in [-0.1, -0.05) is 6.07 Å². The van der Waals surface area contributed by atoms with Crippen LogP contribution in [0.25, 0.3) is 0 Å². The third kappa shape index (κ3) is 3.35. The predicted molar refractivity (Wildman–Crippen MR) is 85.3 cm³/mol. The summed E-state index contributed by atoms with van der Waals surface area (Å²) in [7, 11) is 0. The molecule has 0 spiro atoms. The van der Waals surface area contributed by atoms with Gasteiger partial charge >= 0.3 is 0 Å². The van der Waals surface area contributed by atoms with Gasteiger partial charge in [0.2, 0.25) is 5.78 Å². The van der Waals surface area contributed by atoms with E-state index in [1.165, 1.54) is 0 Å². The van der Waals surface area contributed by atoms with Gasteiger partial charge in [0.1, 0.15) is 5.75 Å². The molecule has 1 aromatic heterocycles. The zero-order valence-corrected chi connectivity index (χ0v) is 13.5. The van der Waals surface area contributed by atoms with E-state index < -0.39 is 0 Å². The molecule has 0 saturated heterocycles. The Morgan fingerprint density at radius 1 is 1.05 bits per heavy atom. The summed E-state index contributed by atoms with van der Waals surface area (Å²) in [4.78, 5) is 12.4. The lowest BCUT2D eigenvalue weighted by Gasteiger charge is -2.08. The van der Waals surface area contributed by atoms with E-state index >= 15 is 0 Å². The molecule has 0 unspecified atom stereocenters. The van der Waals surface area contributed by atoms with Crippen molar-refractivity contribution in [3.8, 4) is 5.75 Å². The van der Waals surface area contributed by atoms with Crippen LogP contribution in [0, 0.1) is 27.7 Å². The van der Waals surface area contributed by atoms with Crippen molar-refractivity contribution in [3.63, 3.8) is 0 Å². The van der Waals surface area contributed by atoms with Crippen LogP contribution >= 0.6 is 0 Å². The molecule has 2 rings (SSSR count). The van der Waals surface area contributed by atoms with Crippen LogP contribution in [0.15, 0.2) is 24.3 Å². The maximum atomic E-state index is 12.4. The van der Waals surface area contributed by atoms with Crippen molar-refractivity contribution in [2.24, 2.45) is 0 Å². The van der Waals surface area contributed by atoms with Crippen molar-refractivity contribution in [3.05, 3.63) is 52.3 Å². The molecule has 112 valence electrons. The summed E-state index contributed by atoms with van der Waals surface area (Å²) in [6.45, 7) is 11.1. The van der Waals surface area contributed by atoms with E-state index in [1.54, 1.807) is 0 Å². The fraction of sp³-hybridized carbons (Fsp3) is 0.389. The minimum atomic E-state index is 0.0296. The average Bonchev–Trinajstić information content (AvgIpc) is 2.70. The number of nitrogens with zero attached hydrogens (tertiary/aromatic N) is 1. The quantitative estimate of drug-likeness (QED) is 0.777. The van der Waals surface area contributed by atoms with E-state index in [4.69, 9.17) is 4.74 Å². The van der Waals surface area contributed by atoms with Gasteiger partial charge in [-0.15, -0.1) is 0 Å². The van der Waals surface area contributed by atoms with E-state index in [1.807, 2.05) is 45.9 Å². The molecule has 2 aromatic rings. The normalized spacial score (nSPS) is 10.7. The lowest BCUT2D eigenvalue weighted by atomic mass is 10.1. The average molecular weight is 285 g/mol. The first-order valence-electron chi connectivity index (χ1n) is 7.33. The Kier molecular flexibility index (Phi) is 4.51. The van der Waals surface area contributed by atoms with Crippen LogP contribution in [0.2, 0.25) is 0 Å². The Morgan fingerprint density at radius 3 is 2.19 bits per heavy atom. The van der Waals surface area contributed by atoms with Gasteiger partial charge < -0.3 is 9.30 Å². The summed E-state index contributed by atoms with van der Waals surface area (Å²) in [5, 5.41) is 0. The van der Waals surface area contributed by atoms with Gasteiger partial charge in [-0.05, 0) is 63.9 Å². The van der Waals surface area contributed by atoms with Crippen molar-refractivity contribution < 1.29 is 9.53 Å². The molecule has 0 aliphatic rings. The topological polar surface area (TPSA) is 31.2 Å². The summed E-state index contributed by atoms with van der Waals surface area (Å²) in [6, 6.07) is 7.95. The third-order valence-electron chi connectivity index (χ3n) is 3.76. The number of aromatic nitrogens is 1. The number of carbonyl (C=O) groups excluding carboxylic acids is 1. The van der Waals surface area contributed by atoms with Crippen LogP contribution in [0.3, 0.4) is 0 Å². The second kappa shape index (κ2) is 6.17. The molecule has 0 radical (unpaired) electrons. The summed E-state index contributed by atoms with van der Waals surface area (Å²) in [5.41, 5.74) is 5.18. The molecule has 0 bridgehead atoms. The molecule has 1 heterocycles. The van der Waals surface area contributed by atoms with E-state index in [2.05, 4.69) is 17.6 Å². The fourth-order valence-electron chi connectivity index (χ4n) is 2.81. The zero-order valence-electron chi connectivity index (χ0n) is 13.5. The molecular weight excluding hydrogens is 262 g/mol. The van der Waals surface area contributed by atoms with Crippen LogP contribution in [0.5, 0.6) is 5.75 Å². The molecule has 3 heteroatoms. The molecule has 21 heavy (non-hydrogen) atoms. The number of benzene rings is 1. The summed E-state index contributed by atoms with van der Waals surface area (Å²) in [6.07, 6.45) is 0. The van der Waals surface area contributed by atoms with Crippen molar-refractivity contribution in [2.45, 2.75) is 41.2 Å². The monoisotopic (exact) mass is 285 g/mol. The number of ether oxygens (including phenoxy) is 1. The van der Waals surface area contributed by atoms with E-state index in [0.717, 1.165) is 40.4 Å². The van der Waals surface area contributed by atoms with Crippen LogP contribution < -0.4 is 4.74 Å². The highest BCUT2D eigenvalue weighted by Crippen LogP contribution is 2.18. The Balaban J connectivity index is 2.12. The maximum Gasteiger partial charge on any atom is 0.202 e. The van der Waals surface area contributed by atoms with Gasteiger partial charge in [0, 0.05) is 23.5 Å². The van der Waals surface area contributed by atoms with Gasteiger partial charge in [-0.2, -0.15) is 0 Å². The molecule has 0 aliphatic carbocycles. The number of ketones is 1. The highest BCUT2D eigenvalue weighted by atomic mass is 16.5. The lowest BCUT2D eigenvalue weighted by molar-refractivity contribution is 0.0920. The van der Waals surface area contributed by atoms with Crippen LogP contribution in [-0.2, 0) is 6.54 Å². The number of carbonyl (C=O) groups is 1. The standard InChI is InChI=1S/C18H23NO2/c1-6-19-14(4)10-17(15(19)5)18(20)11-21-16-8-12(2)7-13(3)9-16/h7-10H,6,11H2,1-5H3. The van der Waals surface area contributed by atoms with Gasteiger partial charge in [0.15, 0.2) is 6.61 Å². The van der Waals surface area contributed by atoms with Gasteiger partial charge in [-0.25, -0.2) is 0 Å². The molecule has 3 nitrogen and oxygen atoms in total. The van der Waals surface area contributed by atoms with Gasteiger partial charge in [0.25, 0.3) is 0 Å². The molecular formula is C18H23NO2. The van der Waals surface area contributed by atoms with Crippen LogP contribution in [-0.4, -0.2) is 17.0 Å². The smallest absolute Gasteiger partial charge is 0.202 e. The molecule has 0 fully saturated rings. The molecule has 0 saturated carbocycles. The van der Waals surface area contributed by atoms with Gasteiger partial charge in [0.05, 0.1) is 0 Å². The molecule has 0 amide bonds. The predicted octanol–water partition coefficient (Wildman–Crippen LogP) is 4.00. The Morgan fingerprint density at radius 2 is 1.67 bits per heavy atom. The maximum absolute atomic E-state index is 12.4. The minimum absolute atomic E-state index is 0.0296. The lowest BCUT2D eigenvalue weighted by Crippen LogP contribution is -2.13. The van der Waals surface area contributed by atoms with E-state index in [-0.39, 0.29) is 12.4 Å². The number of Topliss-reactive ketones (excluding diaryl/α,β-unsaturated/α-hetero) is 1. The second-order valence-corrected chi connectivity index (χ2v) is 5.56. The number of hydrogen-bond donors (Lipinski definition) is 0. The summed E-state index contributed by atoms with van der Waals surface area (Å²) >= 11 is 0.